The van der Waals surface area contributed by atoms with Crippen LogP contribution in [-0.2, 0) is 0 Å². The summed E-state index contributed by atoms with van der Waals surface area (Å²) in [5.74, 6) is 2.13. The summed E-state index contributed by atoms with van der Waals surface area (Å²) in [5, 5.41) is 12.5. The first-order valence-electron chi connectivity index (χ1n) is 7.21. The van der Waals surface area contributed by atoms with Crippen LogP contribution >= 0.6 is 23.5 Å². The van der Waals surface area contributed by atoms with Crippen molar-refractivity contribution >= 4 is 23.5 Å². The highest BCUT2D eigenvalue weighted by Gasteiger charge is 2.09. The fourth-order valence-corrected chi connectivity index (χ4v) is 3.81. The second kappa shape index (κ2) is 8.16. The maximum atomic E-state index is 13.6. The van der Waals surface area contributed by atoms with Crippen molar-refractivity contribution in [2.24, 2.45) is 0 Å². The molecule has 3 aromatic rings. The van der Waals surface area contributed by atoms with E-state index in [9.17, 15) is 4.39 Å². The quantitative estimate of drug-likeness (QED) is 0.472. The maximum absolute atomic E-state index is 13.6. The van der Waals surface area contributed by atoms with Gasteiger partial charge >= 0.3 is 0 Å². The van der Waals surface area contributed by atoms with Crippen molar-refractivity contribution < 1.29 is 9.13 Å². The molecule has 0 radical (unpaired) electrons. The molecule has 0 aliphatic rings. The number of ether oxygens (including phenoxy) is 1. The first-order valence-corrected chi connectivity index (χ1v) is 9.18. The minimum Gasteiger partial charge on any atom is -0.497 e. The molecule has 0 N–H and O–H groups in total. The SMILES string of the molecule is COc1ccc(-n2nnnc2SCCSc2ccccc2F)cc1. The Kier molecular flexibility index (Phi) is 5.71. The molecule has 0 saturated carbocycles. The van der Waals surface area contributed by atoms with Crippen LogP contribution in [0.15, 0.2) is 58.6 Å². The lowest BCUT2D eigenvalue weighted by Crippen LogP contribution is -2.00. The standard InChI is InChI=1S/C16H15FN4OS2/c1-22-13-8-6-12(7-9-13)21-16(18-19-20-21)24-11-10-23-15-5-3-2-4-14(15)17/h2-9H,10-11H2,1H3. The Hall–Kier alpha value is -2.06. The summed E-state index contributed by atoms with van der Waals surface area (Å²) >= 11 is 3.02. The number of tetrazole rings is 1. The lowest BCUT2D eigenvalue weighted by molar-refractivity contribution is 0.414. The molecular formula is C16H15FN4OS2. The normalized spacial score (nSPS) is 10.8. The summed E-state index contributed by atoms with van der Waals surface area (Å²) in [4.78, 5) is 0.660. The van der Waals surface area contributed by atoms with E-state index in [1.165, 1.54) is 29.6 Å². The Morgan fingerprint density at radius 2 is 1.79 bits per heavy atom. The molecule has 0 aliphatic heterocycles. The maximum Gasteiger partial charge on any atom is 0.214 e. The van der Waals surface area contributed by atoms with Gasteiger partial charge in [-0.15, -0.1) is 16.9 Å². The van der Waals surface area contributed by atoms with Crippen LogP contribution in [0.4, 0.5) is 4.39 Å². The number of nitrogens with zero attached hydrogens (tertiary/aromatic N) is 4. The zero-order valence-electron chi connectivity index (χ0n) is 12.9. The van der Waals surface area contributed by atoms with Gasteiger partial charge in [-0.1, -0.05) is 23.9 Å². The molecule has 124 valence electrons. The Bertz CT molecular complexity index is 795. The Labute approximate surface area is 147 Å². The van der Waals surface area contributed by atoms with Crippen LogP contribution in [0.2, 0.25) is 0 Å². The van der Waals surface area contributed by atoms with Crippen LogP contribution in [0.1, 0.15) is 0 Å². The molecule has 0 bridgehead atoms. The molecule has 0 spiro atoms. The van der Waals surface area contributed by atoms with E-state index in [1.54, 1.807) is 23.9 Å². The second-order valence-electron chi connectivity index (χ2n) is 4.70. The topological polar surface area (TPSA) is 52.8 Å². The molecule has 5 nitrogen and oxygen atoms in total. The van der Waals surface area contributed by atoms with Gasteiger partial charge in [-0.3, -0.25) is 0 Å². The number of aromatic nitrogens is 4. The lowest BCUT2D eigenvalue weighted by atomic mass is 10.3. The minimum absolute atomic E-state index is 0.185. The average Bonchev–Trinajstić information content (AvgIpc) is 3.09. The van der Waals surface area contributed by atoms with Crippen LogP contribution in [0.3, 0.4) is 0 Å². The summed E-state index contributed by atoms with van der Waals surface area (Å²) in [5.41, 5.74) is 0.866. The Morgan fingerprint density at radius 1 is 1.04 bits per heavy atom. The van der Waals surface area contributed by atoms with Crippen molar-refractivity contribution in [1.29, 1.82) is 0 Å². The van der Waals surface area contributed by atoms with Crippen molar-refractivity contribution in [3.63, 3.8) is 0 Å². The summed E-state index contributed by atoms with van der Waals surface area (Å²) < 4.78 is 20.4. The Morgan fingerprint density at radius 3 is 2.54 bits per heavy atom. The van der Waals surface area contributed by atoms with Crippen LogP contribution in [-0.4, -0.2) is 38.8 Å². The van der Waals surface area contributed by atoms with Crippen LogP contribution < -0.4 is 4.74 Å². The van der Waals surface area contributed by atoms with Gasteiger partial charge in [0, 0.05) is 16.4 Å². The first kappa shape index (κ1) is 16.8. The van der Waals surface area contributed by atoms with E-state index in [1.807, 2.05) is 30.3 Å². The van der Waals surface area contributed by atoms with E-state index < -0.39 is 0 Å². The van der Waals surface area contributed by atoms with Crippen molar-refractivity contribution in [1.82, 2.24) is 20.2 Å². The van der Waals surface area contributed by atoms with Gasteiger partial charge in [0.2, 0.25) is 5.16 Å². The van der Waals surface area contributed by atoms with Gasteiger partial charge in [0.25, 0.3) is 0 Å². The fraction of sp³-hybridized carbons (Fsp3) is 0.188. The number of methoxy groups -OCH3 is 1. The number of thioether (sulfide) groups is 2. The molecule has 0 unspecified atom stereocenters. The number of halogens is 1. The van der Waals surface area contributed by atoms with Crippen LogP contribution in [0.5, 0.6) is 5.75 Å². The molecule has 0 aliphatic carbocycles. The smallest absolute Gasteiger partial charge is 0.214 e. The van der Waals surface area contributed by atoms with Gasteiger partial charge in [-0.05, 0) is 46.8 Å². The van der Waals surface area contributed by atoms with Gasteiger partial charge in [-0.2, -0.15) is 4.68 Å². The molecule has 0 fully saturated rings. The van der Waals surface area contributed by atoms with E-state index in [-0.39, 0.29) is 5.82 Å². The van der Waals surface area contributed by atoms with Crippen LogP contribution in [0, 0.1) is 5.82 Å². The van der Waals surface area contributed by atoms with Crippen molar-refractivity contribution in [3.05, 3.63) is 54.3 Å². The molecule has 0 amide bonds. The molecule has 1 heterocycles. The van der Waals surface area contributed by atoms with Gasteiger partial charge < -0.3 is 4.74 Å². The highest BCUT2D eigenvalue weighted by Crippen LogP contribution is 2.25. The molecule has 24 heavy (non-hydrogen) atoms. The largest absolute Gasteiger partial charge is 0.497 e. The summed E-state index contributed by atoms with van der Waals surface area (Å²) in [6, 6.07) is 14.3. The summed E-state index contributed by atoms with van der Waals surface area (Å²) in [6.45, 7) is 0. The molecule has 0 saturated heterocycles. The lowest BCUT2D eigenvalue weighted by Gasteiger charge is -2.06. The van der Waals surface area contributed by atoms with E-state index in [4.69, 9.17) is 4.74 Å². The van der Waals surface area contributed by atoms with E-state index in [2.05, 4.69) is 15.5 Å². The number of hydrogen-bond acceptors (Lipinski definition) is 6. The highest BCUT2D eigenvalue weighted by molar-refractivity contribution is 8.02. The van der Waals surface area contributed by atoms with Gasteiger partial charge in [0.15, 0.2) is 0 Å². The number of rotatable bonds is 7. The third-order valence-corrected chi connectivity index (χ3v) is 5.40. The van der Waals surface area contributed by atoms with Crippen molar-refractivity contribution in [3.8, 4) is 11.4 Å². The van der Waals surface area contributed by atoms with Crippen molar-refractivity contribution in [2.45, 2.75) is 10.1 Å². The van der Waals surface area contributed by atoms with Crippen LogP contribution in [0.25, 0.3) is 5.69 Å². The molecule has 1 aromatic heterocycles. The predicted molar refractivity (Wildman–Crippen MR) is 93.6 cm³/mol. The minimum atomic E-state index is -0.185. The monoisotopic (exact) mass is 362 g/mol. The number of hydrogen-bond donors (Lipinski definition) is 0. The van der Waals surface area contributed by atoms with Gasteiger partial charge in [0.05, 0.1) is 12.8 Å². The third kappa shape index (κ3) is 4.07. The van der Waals surface area contributed by atoms with Crippen molar-refractivity contribution in [2.75, 3.05) is 18.6 Å². The van der Waals surface area contributed by atoms with Gasteiger partial charge in [0.1, 0.15) is 11.6 Å². The average molecular weight is 362 g/mol. The molecule has 8 heteroatoms. The van der Waals surface area contributed by atoms with Gasteiger partial charge in [-0.25, -0.2) is 4.39 Å². The predicted octanol–water partition coefficient (Wildman–Crippen LogP) is 3.69. The summed E-state index contributed by atoms with van der Waals surface area (Å²) in [6.07, 6.45) is 0. The van der Waals surface area contributed by atoms with E-state index >= 15 is 0 Å². The zero-order valence-corrected chi connectivity index (χ0v) is 14.6. The third-order valence-electron chi connectivity index (χ3n) is 3.17. The summed E-state index contributed by atoms with van der Waals surface area (Å²) in [7, 11) is 1.63. The highest BCUT2D eigenvalue weighted by atomic mass is 32.2. The zero-order chi connectivity index (χ0) is 16.8. The molecule has 3 rings (SSSR count). The molecular weight excluding hydrogens is 347 g/mol. The molecule has 0 atom stereocenters. The fourth-order valence-electron chi connectivity index (χ4n) is 2.00. The second-order valence-corrected chi connectivity index (χ2v) is 6.90. The number of benzene rings is 2. The molecule has 2 aromatic carbocycles. The van der Waals surface area contributed by atoms with E-state index in [0.29, 0.717) is 10.1 Å². The van der Waals surface area contributed by atoms with E-state index in [0.717, 1.165) is 22.9 Å². The first-order chi connectivity index (χ1) is 11.8. The Balaban J connectivity index is 1.58.